The lowest BCUT2D eigenvalue weighted by Crippen LogP contribution is -2.27. The summed E-state index contributed by atoms with van der Waals surface area (Å²) >= 11 is 4.10. The van der Waals surface area contributed by atoms with E-state index in [-0.39, 0.29) is 0 Å². The number of aromatic nitrogens is 5. The quantitative estimate of drug-likeness (QED) is 0.330. The fourth-order valence-corrected chi connectivity index (χ4v) is 3.19. The molecule has 10 heteroatoms. The van der Waals surface area contributed by atoms with Crippen LogP contribution in [0.5, 0.6) is 5.75 Å². The normalized spacial score (nSPS) is 10.7. The number of hydrogen-bond acceptors (Lipinski definition) is 7. The zero-order valence-electron chi connectivity index (χ0n) is 17.3. The molecule has 0 spiro atoms. The van der Waals surface area contributed by atoms with Crippen molar-refractivity contribution in [1.82, 2.24) is 29.0 Å². The number of fused-ring (bicyclic) bond motifs is 1. The second-order valence-corrected chi connectivity index (χ2v) is 7.36. The number of ether oxygens (including phenoxy) is 1. The van der Waals surface area contributed by atoms with E-state index < -0.39 is 6.03 Å². The van der Waals surface area contributed by atoms with Crippen LogP contribution in [0, 0.1) is 0 Å². The number of thiol groups is 1. The van der Waals surface area contributed by atoms with Crippen molar-refractivity contribution in [3.63, 3.8) is 0 Å². The van der Waals surface area contributed by atoms with E-state index in [9.17, 15) is 4.79 Å². The Balaban J connectivity index is 1.54. The van der Waals surface area contributed by atoms with Crippen LogP contribution in [0.1, 0.15) is 5.56 Å². The van der Waals surface area contributed by atoms with E-state index in [0.29, 0.717) is 35.8 Å². The third-order valence-corrected chi connectivity index (χ3v) is 4.93. The van der Waals surface area contributed by atoms with Crippen molar-refractivity contribution >= 4 is 35.8 Å². The summed E-state index contributed by atoms with van der Waals surface area (Å²) < 4.78 is 8.29. The number of carbonyl (C=O) groups is 1. The molecule has 1 aromatic carbocycles. The van der Waals surface area contributed by atoms with Gasteiger partial charge in [-0.25, -0.2) is 14.8 Å². The van der Waals surface area contributed by atoms with Gasteiger partial charge in [-0.15, -0.1) is 6.58 Å². The van der Waals surface area contributed by atoms with E-state index in [1.807, 2.05) is 35.1 Å². The molecule has 0 radical (unpaired) electrons. The lowest BCUT2D eigenvalue weighted by molar-refractivity contribution is 0.241. The van der Waals surface area contributed by atoms with Gasteiger partial charge in [0.2, 0.25) is 0 Å². The Morgan fingerprint density at radius 1 is 1.28 bits per heavy atom. The first kappa shape index (κ1) is 21.3. The highest BCUT2D eigenvalue weighted by Crippen LogP contribution is 2.20. The van der Waals surface area contributed by atoms with Crippen LogP contribution in [-0.4, -0.2) is 48.7 Å². The molecule has 9 nitrogen and oxygen atoms in total. The minimum absolute atomic E-state index is 0.298. The van der Waals surface area contributed by atoms with Crippen LogP contribution in [0.2, 0.25) is 0 Å². The lowest BCUT2D eigenvalue weighted by Gasteiger charge is -2.13. The predicted octanol–water partition coefficient (Wildman–Crippen LogP) is 3.81. The summed E-state index contributed by atoms with van der Waals surface area (Å²) in [6, 6.07) is 10.8. The molecule has 0 saturated heterocycles. The summed E-state index contributed by atoms with van der Waals surface area (Å²) in [7, 11) is 1.64. The summed E-state index contributed by atoms with van der Waals surface area (Å²) in [6.45, 7) is 4.48. The van der Waals surface area contributed by atoms with Crippen molar-refractivity contribution in [2.45, 2.75) is 6.54 Å². The number of methoxy groups -OCH3 is 1. The Morgan fingerprint density at radius 2 is 2.16 bits per heavy atom. The number of anilines is 1. The van der Waals surface area contributed by atoms with Crippen LogP contribution >= 0.6 is 12.8 Å². The first-order valence-electron chi connectivity index (χ1n) is 9.73. The van der Waals surface area contributed by atoms with Gasteiger partial charge in [-0.05, 0) is 29.8 Å². The molecule has 4 aromatic rings. The third-order valence-electron chi connectivity index (χ3n) is 4.59. The molecule has 2 amide bonds. The molecule has 162 valence electrons. The van der Waals surface area contributed by atoms with Crippen molar-refractivity contribution in [3.05, 3.63) is 73.2 Å². The number of rotatable bonds is 7. The van der Waals surface area contributed by atoms with Crippen LogP contribution in [0.15, 0.2) is 67.6 Å². The van der Waals surface area contributed by atoms with Crippen LogP contribution in [0.3, 0.4) is 0 Å². The smallest absolute Gasteiger partial charge is 0.333 e. The van der Waals surface area contributed by atoms with Crippen molar-refractivity contribution in [2.24, 2.45) is 0 Å². The Hall–Kier alpha value is -3.92. The minimum Gasteiger partial charge on any atom is -0.497 e. The van der Waals surface area contributed by atoms with Crippen molar-refractivity contribution < 1.29 is 9.53 Å². The van der Waals surface area contributed by atoms with Gasteiger partial charge in [-0.3, -0.25) is 19.3 Å². The fourth-order valence-electron chi connectivity index (χ4n) is 3.03. The van der Waals surface area contributed by atoms with Gasteiger partial charge < -0.3 is 4.74 Å². The molecule has 0 unspecified atom stereocenters. The molecule has 4 rings (SSSR count). The molecule has 0 aliphatic carbocycles. The highest BCUT2D eigenvalue weighted by molar-refractivity contribution is 7.78. The van der Waals surface area contributed by atoms with E-state index >= 15 is 0 Å². The number of nitrogens with one attached hydrogen (secondary N) is 1. The van der Waals surface area contributed by atoms with Gasteiger partial charge in [0.05, 0.1) is 38.3 Å². The van der Waals surface area contributed by atoms with Gasteiger partial charge in [0.15, 0.2) is 5.65 Å². The molecule has 3 heterocycles. The number of benzene rings is 1. The van der Waals surface area contributed by atoms with Gasteiger partial charge in [-0.1, -0.05) is 31.0 Å². The maximum absolute atomic E-state index is 12.1. The van der Waals surface area contributed by atoms with Crippen molar-refractivity contribution in [2.75, 3.05) is 19.0 Å². The minimum atomic E-state index is -0.414. The van der Waals surface area contributed by atoms with Crippen LogP contribution in [-0.2, 0) is 6.54 Å². The number of pyridine rings is 1. The van der Waals surface area contributed by atoms with Gasteiger partial charge in [0, 0.05) is 11.8 Å². The molecule has 0 aliphatic heterocycles. The molecule has 3 aromatic heterocycles. The van der Waals surface area contributed by atoms with Crippen LogP contribution in [0.25, 0.3) is 22.4 Å². The van der Waals surface area contributed by atoms with E-state index in [2.05, 4.69) is 44.8 Å². The maximum atomic E-state index is 12.1. The molecule has 0 saturated carbocycles. The van der Waals surface area contributed by atoms with Gasteiger partial charge >= 0.3 is 6.03 Å². The summed E-state index contributed by atoms with van der Waals surface area (Å²) in [6.07, 6.45) is 6.88. The summed E-state index contributed by atoms with van der Waals surface area (Å²) in [5, 5.41) is 7.10. The first-order chi connectivity index (χ1) is 15.6. The van der Waals surface area contributed by atoms with E-state index in [4.69, 9.17) is 4.74 Å². The first-order valence-corrected chi connectivity index (χ1v) is 10.1. The molecular formula is C22H21N7O2S. The third kappa shape index (κ3) is 4.86. The zero-order valence-corrected chi connectivity index (χ0v) is 18.2. The molecule has 0 aliphatic rings. The van der Waals surface area contributed by atoms with Crippen molar-refractivity contribution in [3.8, 4) is 17.0 Å². The summed E-state index contributed by atoms with van der Waals surface area (Å²) in [4.78, 5) is 25.5. The zero-order chi connectivity index (χ0) is 22.5. The highest BCUT2D eigenvalue weighted by Gasteiger charge is 2.11. The second-order valence-electron chi connectivity index (χ2n) is 6.87. The van der Waals surface area contributed by atoms with Crippen LogP contribution < -0.4 is 10.1 Å². The number of amides is 2. The summed E-state index contributed by atoms with van der Waals surface area (Å²) in [5.74, 6) is 1.15. The highest BCUT2D eigenvalue weighted by atomic mass is 32.1. The number of hydrogen-bond donors (Lipinski definition) is 2. The SMILES string of the molecule is C=CCN(S)C(=O)Nc1ccc2ncc(-c3cnn(Cc4cccc(OC)c4)c3)nc2n1. The van der Waals surface area contributed by atoms with Gasteiger partial charge in [-0.2, -0.15) is 5.10 Å². The lowest BCUT2D eigenvalue weighted by atomic mass is 10.2. The maximum Gasteiger partial charge on any atom is 0.333 e. The predicted molar refractivity (Wildman–Crippen MR) is 126 cm³/mol. The Morgan fingerprint density at radius 3 is 2.97 bits per heavy atom. The Kier molecular flexibility index (Phi) is 6.31. The molecule has 32 heavy (non-hydrogen) atoms. The second kappa shape index (κ2) is 9.48. The van der Waals surface area contributed by atoms with Crippen molar-refractivity contribution in [1.29, 1.82) is 0 Å². The van der Waals surface area contributed by atoms with E-state index in [1.54, 1.807) is 37.7 Å². The standard InChI is InChI=1S/C22H21N7O2S/c1-3-9-29(32)22(30)27-20-8-7-18-21(26-20)25-19(12-23-18)16-11-24-28(14-16)13-15-5-4-6-17(10-15)31-2/h3-8,10-12,14,32H,1,9,13H2,2H3,(H,25,26,27,30). The average Bonchev–Trinajstić information content (AvgIpc) is 3.27. The monoisotopic (exact) mass is 447 g/mol. The molecule has 0 atom stereocenters. The van der Waals surface area contributed by atoms with Gasteiger partial charge in [0.25, 0.3) is 0 Å². The number of carbonyl (C=O) groups excluding carboxylic acids is 1. The number of urea groups is 1. The Bertz CT molecular complexity index is 1270. The molecule has 0 bridgehead atoms. The number of nitrogens with zero attached hydrogens (tertiary/aromatic N) is 6. The molecule has 0 fully saturated rings. The molecular weight excluding hydrogens is 426 g/mol. The topological polar surface area (TPSA) is 98.1 Å². The van der Waals surface area contributed by atoms with Gasteiger partial charge in [0.1, 0.15) is 17.1 Å². The summed E-state index contributed by atoms with van der Waals surface area (Å²) in [5.41, 5.74) is 3.54. The van der Waals surface area contributed by atoms with E-state index in [1.165, 1.54) is 4.31 Å². The average molecular weight is 448 g/mol. The fraction of sp³-hybridized carbons (Fsp3) is 0.136. The Labute approximate surface area is 190 Å². The molecule has 1 N–H and O–H groups in total. The van der Waals surface area contributed by atoms with Crippen LogP contribution in [0.4, 0.5) is 10.6 Å². The van der Waals surface area contributed by atoms with E-state index in [0.717, 1.165) is 16.9 Å². The largest absolute Gasteiger partial charge is 0.497 e.